The molecule has 0 fully saturated rings. The molecule has 0 aliphatic heterocycles. The van der Waals surface area contributed by atoms with Crippen LogP contribution in [0.4, 0.5) is 0 Å². The fourth-order valence-electron chi connectivity index (χ4n) is 2.99. The summed E-state index contributed by atoms with van der Waals surface area (Å²) in [6.07, 6.45) is 1.95. The van der Waals surface area contributed by atoms with E-state index in [0.717, 1.165) is 28.0 Å². The number of carbonyl (C=O) groups is 1. The Morgan fingerprint density at radius 1 is 1.04 bits per heavy atom. The highest BCUT2D eigenvalue weighted by Crippen LogP contribution is 2.47. The van der Waals surface area contributed by atoms with E-state index in [9.17, 15) is 15.3 Å². The number of hydrogen-bond donors (Lipinski definition) is 0. The molecule has 122 valence electrons. The summed E-state index contributed by atoms with van der Waals surface area (Å²) < 4.78 is 5.35. The summed E-state index contributed by atoms with van der Waals surface area (Å²) in [6, 6.07) is 16.7. The zero-order valence-electron chi connectivity index (χ0n) is 13.6. The first-order chi connectivity index (χ1) is 12.2. The monoisotopic (exact) mass is 346 g/mol. The summed E-state index contributed by atoms with van der Waals surface area (Å²) >= 11 is 1.61. The number of benzene rings is 2. The standard InChI is InChI=1S/C20H14N2O2S/c1-25-10-9-24-20(23)17-8-4-7-16-18(13(11-21)12-22)14-5-2-3-6-15(14)19(16)17/h2-8H,9-10H2,1H3. The molecule has 0 N–H and O–H groups in total. The van der Waals surface area contributed by atoms with Crippen LogP contribution in [0.1, 0.15) is 21.5 Å². The van der Waals surface area contributed by atoms with E-state index in [0.29, 0.717) is 17.7 Å². The average Bonchev–Trinajstić information content (AvgIpc) is 2.98. The number of carbonyl (C=O) groups excluding carboxylic acids is 1. The minimum absolute atomic E-state index is 0.0408. The van der Waals surface area contributed by atoms with Gasteiger partial charge in [-0.25, -0.2) is 4.79 Å². The third-order valence-corrected chi connectivity index (χ3v) is 4.59. The average molecular weight is 346 g/mol. The number of hydrogen-bond acceptors (Lipinski definition) is 5. The Balaban J connectivity index is 2.21. The highest BCUT2D eigenvalue weighted by atomic mass is 32.2. The Hall–Kier alpha value is -3.02. The SMILES string of the molecule is CSCCOC(=O)c1cccc2c1-c1ccccc1C2=C(C#N)C#N. The largest absolute Gasteiger partial charge is 0.461 e. The molecular weight excluding hydrogens is 332 g/mol. The van der Waals surface area contributed by atoms with E-state index in [2.05, 4.69) is 0 Å². The maximum absolute atomic E-state index is 12.5. The molecule has 5 heteroatoms. The van der Waals surface area contributed by atoms with E-state index < -0.39 is 5.97 Å². The molecular formula is C20H14N2O2S. The summed E-state index contributed by atoms with van der Waals surface area (Å²) in [6.45, 7) is 0.343. The minimum Gasteiger partial charge on any atom is -0.461 e. The number of esters is 1. The normalized spacial score (nSPS) is 11.1. The molecule has 0 saturated carbocycles. The molecule has 0 radical (unpaired) electrons. The molecule has 0 spiro atoms. The summed E-state index contributed by atoms with van der Waals surface area (Å²) in [7, 11) is 0. The first-order valence-electron chi connectivity index (χ1n) is 7.66. The Morgan fingerprint density at radius 3 is 2.40 bits per heavy atom. The lowest BCUT2D eigenvalue weighted by molar-refractivity contribution is 0.0531. The van der Waals surface area contributed by atoms with Crippen molar-refractivity contribution in [2.45, 2.75) is 0 Å². The van der Waals surface area contributed by atoms with E-state index in [1.807, 2.05) is 48.7 Å². The lowest BCUT2D eigenvalue weighted by atomic mass is 9.97. The first kappa shape index (κ1) is 16.8. The Bertz CT molecular complexity index is 948. The number of rotatable bonds is 4. The zero-order valence-corrected chi connectivity index (χ0v) is 14.4. The van der Waals surface area contributed by atoms with Crippen LogP contribution < -0.4 is 0 Å². The third kappa shape index (κ3) is 2.91. The van der Waals surface area contributed by atoms with Crippen molar-refractivity contribution in [3.05, 3.63) is 64.7 Å². The van der Waals surface area contributed by atoms with Crippen LogP contribution in [0.2, 0.25) is 0 Å². The highest BCUT2D eigenvalue weighted by molar-refractivity contribution is 7.98. The summed E-state index contributed by atoms with van der Waals surface area (Å²) in [5.41, 5.74) is 4.15. The van der Waals surface area contributed by atoms with Crippen molar-refractivity contribution in [1.82, 2.24) is 0 Å². The van der Waals surface area contributed by atoms with Crippen molar-refractivity contribution in [3.63, 3.8) is 0 Å². The van der Waals surface area contributed by atoms with Crippen molar-refractivity contribution in [1.29, 1.82) is 10.5 Å². The fraction of sp³-hybridized carbons (Fsp3) is 0.150. The predicted octanol–water partition coefficient (Wildman–Crippen LogP) is 4.04. The molecule has 1 aliphatic carbocycles. The fourth-order valence-corrected chi connectivity index (χ4v) is 3.24. The van der Waals surface area contributed by atoms with Crippen molar-refractivity contribution in [2.75, 3.05) is 18.6 Å². The second kappa shape index (κ2) is 7.25. The van der Waals surface area contributed by atoms with Crippen molar-refractivity contribution in [2.24, 2.45) is 0 Å². The van der Waals surface area contributed by atoms with Crippen LogP contribution in [0, 0.1) is 22.7 Å². The molecule has 25 heavy (non-hydrogen) atoms. The topological polar surface area (TPSA) is 73.9 Å². The second-order valence-electron chi connectivity index (χ2n) is 5.38. The molecule has 0 aromatic heterocycles. The zero-order chi connectivity index (χ0) is 17.8. The van der Waals surface area contributed by atoms with Gasteiger partial charge in [-0.1, -0.05) is 36.4 Å². The van der Waals surface area contributed by atoms with Gasteiger partial charge in [0.1, 0.15) is 24.3 Å². The van der Waals surface area contributed by atoms with E-state index in [-0.39, 0.29) is 5.57 Å². The molecule has 4 nitrogen and oxygen atoms in total. The molecule has 0 atom stereocenters. The van der Waals surface area contributed by atoms with Gasteiger partial charge in [-0.2, -0.15) is 22.3 Å². The Labute approximate surface area is 150 Å². The lowest BCUT2D eigenvalue weighted by Gasteiger charge is -2.09. The van der Waals surface area contributed by atoms with Gasteiger partial charge in [-0.05, 0) is 29.0 Å². The van der Waals surface area contributed by atoms with Gasteiger partial charge >= 0.3 is 5.97 Å². The molecule has 0 bridgehead atoms. The maximum Gasteiger partial charge on any atom is 0.338 e. The summed E-state index contributed by atoms with van der Waals surface area (Å²) in [4.78, 5) is 12.5. The van der Waals surface area contributed by atoms with E-state index in [1.54, 1.807) is 23.9 Å². The molecule has 0 heterocycles. The van der Waals surface area contributed by atoms with Crippen LogP contribution in [0.25, 0.3) is 16.7 Å². The third-order valence-electron chi connectivity index (χ3n) is 4.01. The number of thioether (sulfide) groups is 1. The van der Waals surface area contributed by atoms with Gasteiger partial charge in [0.25, 0.3) is 0 Å². The second-order valence-corrected chi connectivity index (χ2v) is 6.36. The summed E-state index contributed by atoms with van der Waals surface area (Å²) in [5.74, 6) is 0.340. The van der Waals surface area contributed by atoms with Crippen LogP contribution >= 0.6 is 11.8 Å². The smallest absolute Gasteiger partial charge is 0.338 e. The molecule has 0 amide bonds. The molecule has 1 aliphatic rings. The highest BCUT2D eigenvalue weighted by Gasteiger charge is 2.30. The Kier molecular flexibility index (Phi) is 4.88. The van der Waals surface area contributed by atoms with E-state index >= 15 is 0 Å². The molecule has 0 saturated heterocycles. The molecule has 2 aromatic carbocycles. The van der Waals surface area contributed by atoms with Gasteiger partial charge < -0.3 is 4.74 Å². The minimum atomic E-state index is -0.391. The molecule has 2 aromatic rings. The van der Waals surface area contributed by atoms with Crippen LogP contribution in [-0.4, -0.2) is 24.6 Å². The van der Waals surface area contributed by atoms with Crippen molar-refractivity contribution in [3.8, 4) is 23.3 Å². The van der Waals surface area contributed by atoms with Gasteiger partial charge in [0.05, 0.1) is 5.56 Å². The van der Waals surface area contributed by atoms with E-state index in [1.165, 1.54) is 0 Å². The van der Waals surface area contributed by atoms with Gasteiger partial charge in [0, 0.05) is 16.9 Å². The predicted molar refractivity (Wildman–Crippen MR) is 97.8 cm³/mol. The van der Waals surface area contributed by atoms with Crippen molar-refractivity contribution < 1.29 is 9.53 Å². The molecule has 3 rings (SSSR count). The maximum atomic E-state index is 12.5. The number of ether oxygens (including phenoxy) is 1. The van der Waals surface area contributed by atoms with Crippen LogP contribution in [-0.2, 0) is 4.74 Å². The van der Waals surface area contributed by atoms with Crippen LogP contribution in [0.15, 0.2) is 48.0 Å². The Morgan fingerprint density at radius 2 is 1.72 bits per heavy atom. The van der Waals surface area contributed by atoms with Crippen LogP contribution in [0.3, 0.4) is 0 Å². The van der Waals surface area contributed by atoms with E-state index in [4.69, 9.17) is 4.74 Å². The summed E-state index contributed by atoms with van der Waals surface area (Å²) in [5, 5.41) is 18.7. The molecule has 0 unspecified atom stereocenters. The van der Waals surface area contributed by atoms with Gasteiger partial charge in [-0.3, -0.25) is 0 Å². The first-order valence-corrected chi connectivity index (χ1v) is 9.06. The number of nitrogens with zero attached hydrogens (tertiary/aromatic N) is 2. The lowest BCUT2D eigenvalue weighted by Crippen LogP contribution is -2.09. The number of allylic oxidation sites excluding steroid dienone is 1. The van der Waals surface area contributed by atoms with Gasteiger partial charge in [0.2, 0.25) is 0 Å². The number of fused-ring (bicyclic) bond motifs is 3. The van der Waals surface area contributed by atoms with Gasteiger partial charge in [0.15, 0.2) is 0 Å². The number of nitriles is 2. The van der Waals surface area contributed by atoms with Gasteiger partial charge in [-0.15, -0.1) is 0 Å². The van der Waals surface area contributed by atoms with Crippen molar-refractivity contribution >= 4 is 23.3 Å². The van der Waals surface area contributed by atoms with Crippen LogP contribution in [0.5, 0.6) is 0 Å². The quantitative estimate of drug-likeness (QED) is 0.405.